The Morgan fingerprint density at radius 3 is 1.30 bits per heavy atom. The monoisotopic (exact) mass is 816 g/mol. The van der Waals surface area contributed by atoms with Crippen LogP contribution in [-0.2, 0) is 14.3 Å². The van der Waals surface area contributed by atoms with Gasteiger partial charge in [0.05, 0.1) is 25.4 Å². The molecule has 57 heavy (non-hydrogen) atoms. The molecule has 1 aliphatic heterocycles. The van der Waals surface area contributed by atoms with Gasteiger partial charge in [0.15, 0.2) is 6.29 Å². The topological polar surface area (TPSA) is 169 Å². The van der Waals surface area contributed by atoms with Gasteiger partial charge in [-0.3, -0.25) is 4.79 Å². The lowest BCUT2D eigenvalue weighted by atomic mass is 9.98. The van der Waals surface area contributed by atoms with Crippen molar-refractivity contribution in [3.63, 3.8) is 0 Å². The number of amides is 1. The zero-order valence-electron chi connectivity index (χ0n) is 37.0. The maximum Gasteiger partial charge on any atom is 0.220 e. The first-order valence-corrected chi connectivity index (χ1v) is 24.3. The molecular formula is C47H93NO9. The molecule has 0 unspecified atom stereocenters. The van der Waals surface area contributed by atoms with Crippen molar-refractivity contribution >= 4 is 5.91 Å². The van der Waals surface area contributed by atoms with Crippen LogP contribution >= 0.6 is 0 Å². The summed E-state index contributed by atoms with van der Waals surface area (Å²) >= 11 is 0. The number of nitrogens with one attached hydrogen (secondary N) is 1. The molecule has 0 aromatic rings. The van der Waals surface area contributed by atoms with Crippen LogP contribution in [0.1, 0.15) is 232 Å². The van der Waals surface area contributed by atoms with Crippen LogP contribution in [0.5, 0.6) is 0 Å². The van der Waals surface area contributed by atoms with Gasteiger partial charge < -0.3 is 45.4 Å². The highest BCUT2D eigenvalue weighted by Gasteiger charge is 2.44. The van der Waals surface area contributed by atoms with Crippen molar-refractivity contribution in [1.82, 2.24) is 5.32 Å². The van der Waals surface area contributed by atoms with Gasteiger partial charge in [-0.2, -0.15) is 0 Å². The molecular weight excluding hydrogens is 723 g/mol. The number of hydrogen-bond donors (Lipinski definition) is 7. The average Bonchev–Trinajstić information content (AvgIpc) is 3.21. The molecule has 1 rings (SSSR count). The Labute approximate surface area is 349 Å². The minimum absolute atomic E-state index is 0.253. The molecule has 1 heterocycles. The van der Waals surface area contributed by atoms with E-state index in [0.717, 1.165) is 38.5 Å². The predicted molar refractivity (Wildman–Crippen MR) is 232 cm³/mol. The van der Waals surface area contributed by atoms with E-state index in [-0.39, 0.29) is 18.9 Å². The predicted octanol–water partition coefficient (Wildman–Crippen LogP) is 9.31. The highest BCUT2D eigenvalue weighted by Crippen LogP contribution is 2.23. The van der Waals surface area contributed by atoms with E-state index in [2.05, 4.69) is 19.2 Å². The van der Waals surface area contributed by atoms with Crippen LogP contribution in [0.15, 0.2) is 0 Å². The van der Waals surface area contributed by atoms with Gasteiger partial charge in [0.2, 0.25) is 5.91 Å². The molecule has 0 spiro atoms. The van der Waals surface area contributed by atoms with Gasteiger partial charge in [0.1, 0.15) is 30.5 Å². The number of carbonyl (C=O) groups excluding carboxylic acids is 1. The molecule has 10 nitrogen and oxygen atoms in total. The number of aliphatic hydroxyl groups is 6. The summed E-state index contributed by atoms with van der Waals surface area (Å²) in [6.07, 6.45) is 31.1. The lowest BCUT2D eigenvalue weighted by molar-refractivity contribution is -0.303. The van der Waals surface area contributed by atoms with Crippen molar-refractivity contribution in [3.8, 4) is 0 Å². The fraction of sp³-hybridized carbons (Fsp3) is 0.979. The van der Waals surface area contributed by atoms with Gasteiger partial charge in [0, 0.05) is 6.42 Å². The average molecular weight is 816 g/mol. The van der Waals surface area contributed by atoms with E-state index in [1.165, 1.54) is 167 Å². The third-order valence-corrected chi connectivity index (χ3v) is 12.1. The molecule has 0 aromatic heterocycles. The third kappa shape index (κ3) is 28.3. The minimum Gasteiger partial charge on any atom is -0.394 e. The zero-order valence-corrected chi connectivity index (χ0v) is 37.0. The Kier molecular flexibility index (Phi) is 36.2. The lowest BCUT2D eigenvalue weighted by Gasteiger charge is -2.40. The fourth-order valence-electron chi connectivity index (χ4n) is 8.08. The first-order valence-electron chi connectivity index (χ1n) is 24.3. The molecule has 1 fully saturated rings. The van der Waals surface area contributed by atoms with E-state index in [0.29, 0.717) is 6.42 Å². The second-order valence-corrected chi connectivity index (χ2v) is 17.4. The SMILES string of the molecule is CCCCCCCCCCCCCCCCCCCCCCC(=O)N[C@@H](CO[C@H]1O[C@H](CO)[C@@H](O)[C@H](O)[C@H]1O)[C@H](O)[C@H](O)CCCCCCCCCCCCCC. The maximum atomic E-state index is 13.0. The highest BCUT2D eigenvalue weighted by molar-refractivity contribution is 5.76. The van der Waals surface area contributed by atoms with Crippen LogP contribution in [-0.4, -0.2) is 98.7 Å². The van der Waals surface area contributed by atoms with E-state index in [1.54, 1.807) is 0 Å². The standard InChI is InChI=1S/C47H93NO9/c1-3-5-7-9-11-13-15-17-18-19-20-21-22-23-24-26-28-30-32-34-36-42(51)48-39(38-56-47-46(55)45(54)44(53)41(37-49)57-47)43(52)40(50)35-33-31-29-27-25-16-14-12-10-8-6-4-2/h39-41,43-47,49-50,52-55H,3-38H2,1-2H3,(H,48,51)/t39-,40+,41+,43-,44+,45-,46+,47-/m0/s1. The van der Waals surface area contributed by atoms with Gasteiger partial charge in [-0.1, -0.05) is 213 Å². The maximum absolute atomic E-state index is 13.0. The van der Waals surface area contributed by atoms with Gasteiger partial charge in [-0.25, -0.2) is 0 Å². The molecule has 1 aliphatic rings. The quantitative estimate of drug-likeness (QED) is 0.0298. The first kappa shape index (κ1) is 54.2. The summed E-state index contributed by atoms with van der Waals surface area (Å²) < 4.78 is 11.2. The van der Waals surface area contributed by atoms with Gasteiger partial charge in [0.25, 0.3) is 0 Å². The number of unbranched alkanes of at least 4 members (excludes halogenated alkanes) is 30. The summed E-state index contributed by atoms with van der Waals surface area (Å²) in [4.78, 5) is 13.0. The van der Waals surface area contributed by atoms with Crippen LogP contribution in [0.2, 0.25) is 0 Å². The Morgan fingerprint density at radius 1 is 0.544 bits per heavy atom. The van der Waals surface area contributed by atoms with E-state index >= 15 is 0 Å². The van der Waals surface area contributed by atoms with E-state index < -0.39 is 55.6 Å². The van der Waals surface area contributed by atoms with Crippen LogP contribution < -0.4 is 5.32 Å². The van der Waals surface area contributed by atoms with E-state index in [4.69, 9.17) is 9.47 Å². The minimum atomic E-state index is -1.60. The Balaban J connectivity index is 2.32. The third-order valence-electron chi connectivity index (χ3n) is 12.1. The Hall–Kier alpha value is -0.850. The Morgan fingerprint density at radius 2 is 0.912 bits per heavy atom. The largest absolute Gasteiger partial charge is 0.394 e. The van der Waals surface area contributed by atoms with Crippen LogP contribution in [0.4, 0.5) is 0 Å². The van der Waals surface area contributed by atoms with Crippen molar-refractivity contribution in [2.45, 2.75) is 281 Å². The van der Waals surface area contributed by atoms with Crippen molar-refractivity contribution in [1.29, 1.82) is 0 Å². The first-order chi connectivity index (χ1) is 27.8. The molecule has 10 heteroatoms. The summed E-state index contributed by atoms with van der Waals surface area (Å²) in [7, 11) is 0. The fourth-order valence-corrected chi connectivity index (χ4v) is 8.08. The van der Waals surface area contributed by atoms with E-state index in [1.807, 2.05) is 0 Å². The molecule has 7 N–H and O–H groups in total. The normalized spacial score (nSPS) is 21.4. The summed E-state index contributed by atoms with van der Waals surface area (Å²) in [6.45, 7) is 3.62. The second-order valence-electron chi connectivity index (χ2n) is 17.4. The molecule has 0 radical (unpaired) electrons. The van der Waals surface area contributed by atoms with Crippen LogP contribution in [0.25, 0.3) is 0 Å². The van der Waals surface area contributed by atoms with Gasteiger partial charge in [-0.05, 0) is 12.8 Å². The highest BCUT2D eigenvalue weighted by atomic mass is 16.7. The number of aliphatic hydroxyl groups excluding tert-OH is 6. The molecule has 0 aliphatic carbocycles. The number of carbonyl (C=O) groups is 1. The van der Waals surface area contributed by atoms with Crippen molar-refractivity contribution in [2.24, 2.45) is 0 Å². The zero-order chi connectivity index (χ0) is 41.8. The molecule has 1 amide bonds. The van der Waals surface area contributed by atoms with Crippen molar-refractivity contribution < 1.29 is 44.9 Å². The molecule has 0 saturated carbocycles. The summed E-state index contributed by atoms with van der Waals surface area (Å²) in [5.41, 5.74) is 0. The molecule has 340 valence electrons. The van der Waals surface area contributed by atoms with Crippen molar-refractivity contribution in [3.05, 3.63) is 0 Å². The van der Waals surface area contributed by atoms with E-state index in [9.17, 15) is 35.4 Å². The molecule has 8 atom stereocenters. The Bertz CT molecular complexity index is 880. The molecule has 0 bridgehead atoms. The number of rotatable bonds is 41. The van der Waals surface area contributed by atoms with Crippen LogP contribution in [0, 0.1) is 0 Å². The van der Waals surface area contributed by atoms with Gasteiger partial charge in [-0.15, -0.1) is 0 Å². The van der Waals surface area contributed by atoms with Crippen molar-refractivity contribution in [2.75, 3.05) is 13.2 Å². The summed E-state index contributed by atoms with van der Waals surface area (Å²) in [5.74, 6) is -0.253. The molecule has 0 aromatic carbocycles. The van der Waals surface area contributed by atoms with Gasteiger partial charge >= 0.3 is 0 Å². The number of hydrogen-bond acceptors (Lipinski definition) is 9. The smallest absolute Gasteiger partial charge is 0.220 e. The second kappa shape index (κ2) is 38.1. The summed E-state index contributed by atoms with van der Waals surface area (Å²) in [5, 5.41) is 65.2. The van der Waals surface area contributed by atoms with Crippen LogP contribution in [0.3, 0.4) is 0 Å². The number of ether oxygens (including phenoxy) is 2. The lowest BCUT2D eigenvalue weighted by Crippen LogP contribution is -2.60. The summed E-state index contributed by atoms with van der Waals surface area (Å²) in [6, 6.07) is -0.984. The molecule has 1 saturated heterocycles.